The van der Waals surface area contributed by atoms with Gasteiger partial charge in [-0.1, -0.05) is 74.7 Å². The molecule has 0 aromatic heterocycles. The summed E-state index contributed by atoms with van der Waals surface area (Å²) < 4.78 is 0. The molecule has 0 N–H and O–H groups in total. The Morgan fingerprint density at radius 2 is 1.38 bits per heavy atom. The third-order valence-corrected chi connectivity index (χ3v) is 4.78. The molecular weight excluding hydrogens is 192 g/mol. The van der Waals surface area contributed by atoms with Crippen LogP contribution in [-0.4, -0.2) is 0 Å². The highest BCUT2D eigenvalue weighted by atomic mass is 14.4. The van der Waals surface area contributed by atoms with Crippen molar-refractivity contribution in [1.29, 1.82) is 0 Å². The maximum atomic E-state index is 2.51. The molecule has 0 aliphatic rings. The topological polar surface area (TPSA) is 0 Å². The fourth-order valence-electron chi connectivity index (χ4n) is 3.09. The Morgan fingerprint density at radius 1 is 0.875 bits per heavy atom. The Bertz CT molecular complexity index is 187. The van der Waals surface area contributed by atoms with E-state index in [0.29, 0.717) is 10.8 Å². The lowest BCUT2D eigenvalue weighted by atomic mass is 9.61. The monoisotopic (exact) mass is 226 g/mol. The summed E-state index contributed by atoms with van der Waals surface area (Å²) in [5.74, 6) is 1.71. The maximum absolute atomic E-state index is 2.51. The van der Waals surface area contributed by atoms with Crippen LogP contribution < -0.4 is 0 Å². The summed E-state index contributed by atoms with van der Waals surface area (Å²) in [6.07, 6.45) is 5.31. The van der Waals surface area contributed by atoms with Gasteiger partial charge >= 0.3 is 0 Å². The van der Waals surface area contributed by atoms with Gasteiger partial charge in [-0.3, -0.25) is 0 Å². The molecule has 16 heavy (non-hydrogen) atoms. The molecule has 98 valence electrons. The minimum Gasteiger partial charge on any atom is -0.0651 e. The van der Waals surface area contributed by atoms with Crippen LogP contribution in [0.4, 0.5) is 0 Å². The fourth-order valence-corrected chi connectivity index (χ4v) is 3.09. The molecule has 0 spiro atoms. The predicted octanol–water partition coefficient (Wildman–Crippen LogP) is 5.91. The van der Waals surface area contributed by atoms with Crippen molar-refractivity contribution in [3.8, 4) is 0 Å². The van der Waals surface area contributed by atoms with Crippen molar-refractivity contribution < 1.29 is 0 Å². The van der Waals surface area contributed by atoms with E-state index in [1.165, 1.54) is 25.7 Å². The van der Waals surface area contributed by atoms with Crippen molar-refractivity contribution in [3.63, 3.8) is 0 Å². The molecule has 0 heteroatoms. The van der Waals surface area contributed by atoms with Crippen molar-refractivity contribution >= 4 is 0 Å². The average molecular weight is 226 g/mol. The standard InChI is InChI=1S/C16H34/c1-9-13(4)16(8,11-3)14(10-2)12-15(5,6)7/h13-14H,9-12H2,1-8H3. The lowest BCUT2D eigenvalue weighted by Gasteiger charge is -2.44. The smallest absolute Gasteiger partial charge is 0.0274 e. The number of hydrogen-bond donors (Lipinski definition) is 0. The van der Waals surface area contributed by atoms with E-state index in [0.717, 1.165) is 11.8 Å². The molecule has 0 aliphatic carbocycles. The molecule has 0 rings (SSSR count). The first kappa shape index (κ1) is 16.0. The highest BCUT2D eigenvalue weighted by molar-refractivity contribution is 4.87. The number of rotatable bonds is 6. The predicted molar refractivity (Wildman–Crippen MR) is 75.7 cm³/mol. The third kappa shape index (κ3) is 4.11. The fraction of sp³-hybridized carbons (Fsp3) is 1.00. The summed E-state index contributed by atoms with van der Waals surface area (Å²) in [7, 11) is 0. The summed E-state index contributed by atoms with van der Waals surface area (Å²) in [6, 6.07) is 0. The molecule has 0 bridgehead atoms. The SMILES string of the molecule is CCC(C)C(C)(CC)C(CC)CC(C)(C)C. The Hall–Kier alpha value is 0. The van der Waals surface area contributed by atoms with Gasteiger partial charge in [0.05, 0.1) is 0 Å². The molecule has 0 amide bonds. The molecule has 0 radical (unpaired) electrons. The van der Waals surface area contributed by atoms with E-state index in [1.54, 1.807) is 0 Å². The van der Waals surface area contributed by atoms with Gasteiger partial charge in [-0.2, -0.15) is 0 Å². The first-order valence-corrected chi connectivity index (χ1v) is 7.21. The van der Waals surface area contributed by atoms with E-state index in [2.05, 4.69) is 55.4 Å². The van der Waals surface area contributed by atoms with E-state index in [9.17, 15) is 0 Å². The minimum atomic E-state index is 0.463. The normalized spacial score (nSPS) is 20.2. The van der Waals surface area contributed by atoms with Gasteiger partial charge in [-0.25, -0.2) is 0 Å². The number of hydrogen-bond acceptors (Lipinski definition) is 0. The second-order valence-electron chi connectivity index (χ2n) is 7.04. The van der Waals surface area contributed by atoms with Crippen LogP contribution in [0.15, 0.2) is 0 Å². The van der Waals surface area contributed by atoms with Crippen molar-refractivity contribution in [2.24, 2.45) is 22.7 Å². The quantitative estimate of drug-likeness (QED) is 0.528. The Morgan fingerprint density at radius 3 is 1.62 bits per heavy atom. The van der Waals surface area contributed by atoms with E-state index in [1.807, 2.05) is 0 Å². The van der Waals surface area contributed by atoms with Gasteiger partial charge in [-0.05, 0) is 29.1 Å². The lowest BCUT2D eigenvalue weighted by Crippen LogP contribution is -2.35. The van der Waals surface area contributed by atoms with Crippen molar-refractivity contribution in [3.05, 3.63) is 0 Å². The van der Waals surface area contributed by atoms with Crippen LogP contribution in [0.5, 0.6) is 0 Å². The summed E-state index contributed by atoms with van der Waals surface area (Å²) in [4.78, 5) is 0. The molecule has 0 aliphatic heterocycles. The summed E-state index contributed by atoms with van der Waals surface area (Å²) in [6.45, 7) is 19.2. The van der Waals surface area contributed by atoms with Gasteiger partial charge < -0.3 is 0 Å². The molecular formula is C16H34. The van der Waals surface area contributed by atoms with Gasteiger partial charge in [0, 0.05) is 0 Å². The van der Waals surface area contributed by atoms with E-state index >= 15 is 0 Å². The molecule has 0 nitrogen and oxygen atoms in total. The second kappa shape index (κ2) is 6.07. The zero-order valence-corrected chi connectivity index (χ0v) is 13.0. The van der Waals surface area contributed by atoms with Gasteiger partial charge in [0.1, 0.15) is 0 Å². The largest absolute Gasteiger partial charge is 0.0651 e. The van der Waals surface area contributed by atoms with Crippen LogP contribution in [0.25, 0.3) is 0 Å². The van der Waals surface area contributed by atoms with Crippen LogP contribution in [-0.2, 0) is 0 Å². The van der Waals surface area contributed by atoms with Crippen molar-refractivity contribution in [2.75, 3.05) is 0 Å². The first-order valence-electron chi connectivity index (χ1n) is 7.21. The highest BCUT2D eigenvalue weighted by Crippen LogP contribution is 2.46. The zero-order valence-electron chi connectivity index (χ0n) is 13.0. The Balaban J connectivity index is 4.87. The van der Waals surface area contributed by atoms with E-state index < -0.39 is 0 Å². The molecule has 0 fully saturated rings. The van der Waals surface area contributed by atoms with E-state index in [-0.39, 0.29) is 0 Å². The summed E-state index contributed by atoms with van der Waals surface area (Å²) >= 11 is 0. The third-order valence-electron chi connectivity index (χ3n) is 4.78. The van der Waals surface area contributed by atoms with Crippen LogP contribution in [0.1, 0.15) is 81.1 Å². The summed E-state index contributed by atoms with van der Waals surface area (Å²) in [5.41, 5.74) is 0.987. The Labute approximate surface area is 104 Å². The molecule has 0 saturated carbocycles. The molecule has 0 heterocycles. The van der Waals surface area contributed by atoms with Crippen LogP contribution in [0.2, 0.25) is 0 Å². The van der Waals surface area contributed by atoms with Crippen molar-refractivity contribution in [1.82, 2.24) is 0 Å². The van der Waals surface area contributed by atoms with Gasteiger partial charge in [0.15, 0.2) is 0 Å². The van der Waals surface area contributed by atoms with Crippen LogP contribution in [0, 0.1) is 22.7 Å². The molecule has 0 aromatic rings. The lowest BCUT2D eigenvalue weighted by molar-refractivity contribution is 0.0582. The Kier molecular flexibility index (Phi) is 6.07. The first-order chi connectivity index (χ1) is 7.21. The van der Waals surface area contributed by atoms with Gasteiger partial charge in [0.2, 0.25) is 0 Å². The highest BCUT2D eigenvalue weighted by Gasteiger charge is 2.37. The van der Waals surface area contributed by atoms with E-state index in [4.69, 9.17) is 0 Å². The van der Waals surface area contributed by atoms with Crippen LogP contribution >= 0.6 is 0 Å². The van der Waals surface area contributed by atoms with Crippen molar-refractivity contribution in [2.45, 2.75) is 81.1 Å². The van der Waals surface area contributed by atoms with Gasteiger partial charge in [0.25, 0.3) is 0 Å². The second-order valence-corrected chi connectivity index (χ2v) is 7.04. The zero-order chi connectivity index (χ0) is 13.0. The maximum Gasteiger partial charge on any atom is -0.0274 e. The molecule has 3 atom stereocenters. The molecule has 3 unspecified atom stereocenters. The molecule has 0 saturated heterocycles. The van der Waals surface area contributed by atoms with Gasteiger partial charge in [-0.15, -0.1) is 0 Å². The summed E-state index contributed by atoms with van der Waals surface area (Å²) in [5, 5.41) is 0. The average Bonchev–Trinajstić information content (AvgIpc) is 2.22. The molecule has 0 aromatic carbocycles. The minimum absolute atomic E-state index is 0.463. The van der Waals surface area contributed by atoms with Crippen LogP contribution in [0.3, 0.4) is 0 Å².